The van der Waals surface area contributed by atoms with Gasteiger partial charge in [-0.2, -0.15) is 5.26 Å². The normalized spacial score (nSPS) is 25.6. The number of ether oxygens (including phenoxy) is 1. The van der Waals surface area contributed by atoms with Gasteiger partial charge in [0.05, 0.1) is 18.7 Å². The Morgan fingerprint density at radius 1 is 1.45 bits per heavy atom. The summed E-state index contributed by atoms with van der Waals surface area (Å²) < 4.78 is 5.15. The second-order valence-electron chi connectivity index (χ2n) is 5.42. The van der Waals surface area contributed by atoms with Gasteiger partial charge in [0.2, 0.25) is 5.91 Å². The maximum Gasteiger partial charge on any atom is 0.225 e. The first-order valence-electron chi connectivity index (χ1n) is 6.80. The molecule has 20 heavy (non-hydrogen) atoms. The fourth-order valence-corrected chi connectivity index (χ4v) is 2.97. The molecule has 1 amide bonds. The Bertz CT molecular complexity index is 589. The molecule has 3 rings (SSSR count). The molecule has 0 aromatic heterocycles. The van der Waals surface area contributed by atoms with Gasteiger partial charge < -0.3 is 15.4 Å². The minimum Gasteiger partial charge on any atom is -0.495 e. The zero-order valence-electron chi connectivity index (χ0n) is 11.4. The molecule has 1 aromatic rings. The molecule has 5 nitrogen and oxygen atoms in total. The fraction of sp³-hybridized carbons (Fsp3) is 0.467. The molecule has 1 saturated carbocycles. The monoisotopic (exact) mass is 271 g/mol. The lowest BCUT2D eigenvalue weighted by Gasteiger charge is -2.27. The lowest BCUT2D eigenvalue weighted by atomic mass is 9.98. The SMILES string of the molecule is COc1ccc(C2C(N)CC(=O)N2C2CC2)cc1C#N. The molecule has 2 fully saturated rings. The Balaban J connectivity index is 1.98. The Morgan fingerprint density at radius 3 is 2.80 bits per heavy atom. The van der Waals surface area contributed by atoms with Crippen LogP contribution in [0.5, 0.6) is 5.75 Å². The Morgan fingerprint density at radius 2 is 2.20 bits per heavy atom. The number of hydrogen-bond acceptors (Lipinski definition) is 4. The molecule has 5 heteroatoms. The first kappa shape index (κ1) is 12.9. The third-order valence-electron chi connectivity index (χ3n) is 4.03. The summed E-state index contributed by atoms with van der Waals surface area (Å²) in [6.07, 6.45) is 2.49. The first-order chi connectivity index (χ1) is 9.65. The van der Waals surface area contributed by atoms with Crippen LogP contribution in [0.15, 0.2) is 18.2 Å². The summed E-state index contributed by atoms with van der Waals surface area (Å²) in [5.74, 6) is 0.673. The predicted molar refractivity (Wildman–Crippen MR) is 72.9 cm³/mol. The topological polar surface area (TPSA) is 79.3 Å². The maximum atomic E-state index is 12.1. The van der Waals surface area contributed by atoms with E-state index in [0.29, 0.717) is 23.8 Å². The number of benzene rings is 1. The van der Waals surface area contributed by atoms with E-state index in [0.717, 1.165) is 18.4 Å². The average molecular weight is 271 g/mol. The van der Waals surface area contributed by atoms with Gasteiger partial charge in [-0.25, -0.2) is 0 Å². The van der Waals surface area contributed by atoms with E-state index in [1.165, 1.54) is 7.11 Å². The summed E-state index contributed by atoms with van der Waals surface area (Å²) in [6, 6.07) is 7.59. The van der Waals surface area contributed by atoms with Crippen molar-refractivity contribution in [3.8, 4) is 11.8 Å². The van der Waals surface area contributed by atoms with E-state index in [1.807, 2.05) is 11.0 Å². The highest BCUT2D eigenvalue weighted by atomic mass is 16.5. The van der Waals surface area contributed by atoms with E-state index in [-0.39, 0.29) is 18.0 Å². The van der Waals surface area contributed by atoms with E-state index in [4.69, 9.17) is 10.5 Å². The lowest BCUT2D eigenvalue weighted by Crippen LogP contribution is -2.34. The predicted octanol–water partition coefficient (Wildman–Crippen LogP) is 1.33. The molecule has 2 atom stereocenters. The standard InChI is InChI=1S/C15H17N3O2/c1-20-13-5-2-9(6-10(13)8-16)15-12(17)7-14(19)18(15)11-3-4-11/h2,5-6,11-12,15H,3-4,7,17H2,1H3. The second kappa shape index (κ2) is 4.80. The molecule has 0 radical (unpaired) electrons. The molecule has 2 unspecified atom stereocenters. The molecule has 2 N–H and O–H groups in total. The molecular weight excluding hydrogens is 254 g/mol. The van der Waals surface area contributed by atoms with Crippen LogP contribution in [0.25, 0.3) is 0 Å². The van der Waals surface area contributed by atoms with Crippen LogP contribution in [0.2, 0.25) is 0 Å². The van der Waals surface area contributed by atoms with Crippen LogP contribution in [-0.4, -0.2) is 30.0 Å². The number of nitrogens with zero attached hydrogens (tertiary/aromatic N) is 2. The number of nitrogens with two attached hydrogens (primary N) is 1. The van der Waals surface area contributed by atoms with Crippen LogP contribution >= 0.6 is 0 Å². The number of carbonyl (C=O) groups excluding carboxylic acids is 1. The van der Waals surface area contributed by atoms with Gasteiger partial charge in [-0.3, -0.25) is 4.79 Å². The Hall–Kier alpha value is -2.06. The number of methoxy groups -OCH3 is 1. The minimum atomic E-state index is -0.206. The molecule has 0 spiro atoms. The summed E-state index contributed by atoms with van der Waals surface area (Å²) in [6.45, 7) is 0. The van der Waals surface area contributed by atoms with Crippen molar-refractivity contribution in [3.63, 3.8) is 0 Å². The molecule has 1 saturated heterocycles. The van der Waals surface area contributed by atoms with Crippen molar-refractivity contribution in [2.45, 2.75) is 37.4 Å². The van der Waals surface area contributed by atoms with Crippen molar-refractivity contribution >= 4 is 5.91 Å². The van der Waals surface area contributed by atoms with Crippen molar-refractivity contribution < 1.29 is 9.53 Å². The third kappa shape index (κ3) is 2.02. The number of hydrogen-bond donors (Lipinski definition) is 1. The summed E-state index contributed by atoms with van der Waals surface area (Å²) in [4.78, 5) is 14.0. The quantitative estimate of drug-likeness (QED) is 0.899. The van der Waals surface area contributed by atoms with Crippen LogP contribution in [0.4, 0.5) is 0 Å². The zero-order valence-corrected chi connectivity index (χ0v) is 11.4. The molecule has 1 aliphatic heterocycles. The van der Waals surface area contributed by atoms with E-state index < -0.39 is 0 Å². The second-order valence-corrected chi connectivity index (χ2v) is 5.42. The molecule has 2 aliphatic rings. The van der Waals surface area contributed by atoms with Gasteiger partial charge in [0.15, 0.2) is 0 Å². The third-order valence-corrected chi connectivity index (χ3v) is 4.03. The molecule has 0 bridgehead atoms. The van der Waals surface area contributed by atoms with Gasteiger partial charge in [0.1, 0.15) is 11.8 Å². The molecule has 104 valence electrons. The highest BCUT2D eigenvalue weighted by Gasteiger charge is 2.45. The van der Waals surface area contributed by atoms with Crippen LogP contribution in [-0.2, 0) is 4.79 Å². The molecule has 1 aromatic carbocycles. The van der Waals surface area contributed by atoms with E-state index in [9.17, 15) is 10.1 Å². The Kier molecular flexibility index (Phi) is 3.11. The number of carbonyl (C=O) groups is 1. The fourth-order valence-electron chi connectivity index (χ4n) is 2.97. The van der Waals surface area contributed by atoms with Crippen molar-refractivity contribution in [1.29, 1.82) is 5.26 Å². The van der Waals surface area contributed by atoms with Gasteiger partial charge in [-0.05, 0) is 30.5 Å². The van der Waals surface area contributed by atoms with Crippen molar-refractivity contribution in [2.75, 3.05) is 7.11 Å². The zero-order chi connectivity index (χ0) is 14.3. The van der Waals surface area contributed by atoms with E-state index in [1.54, 1.807) is 12.1 Å². The van der Waals surface area contributed by atoms with Crippen molar-refractivity contribution in [1.82, 2.24) is 4.90 Å². The highest BCUT2D eigenvalue weighted by Crippen LogP contribution is 2.41. The van der Waals surface area contributed by atoms with Crippen LogP contribution in [0.1, 0.15) is 36.4 Å². The summed E-state index contributed by atoms with van der Waals surface area (Å²) in [7, 11) is 1.54. The molecule has 1 aliphatic carbocycles. The van der Waals surface area contributed by atoms with Crippen molar-refractivity contribution in [2.24, 2.45) is 5.73 Å². The van der Waals surface area contributed by atoms with Gasteiger partial charge in [-0.1, -0.05) is 6.07 Å². The van der Waals surface area contributed by atoms with E-state index >= 15 is 0 Å². The molecular formula is C15H17N3O2. The van der Waals surface area contributed by atoms with Crippen LogP contribution < -0.4 is 10.5 Å². The number of likely N-dealkylation sites (tertiary alicyclic amines) is 1. The summed E-state index contributed by atoms with van der Waals surface area (Å²) in [5, 5.41) is 9.18. The largest absolute Gasteiger partial charge is 0.495 e. The van der Waals surface area contributed by atoms with Crippen LogP contribution in [0.3, 0.4) is 0 Å². The highest BCUT2D eigenvalue weighted by molar-refractivity contribution is 5.81. The number of rotatable bonds is 3. The molecule has 1 heterocycles. The smallest absolute Gasteiger partial charge is 0.225 e. The Labute approximate surface area is 117 Å². The minimum absolute atomic E-state index is 0.118. The first-order valence-corrected chi connectivity index (χ1v) is 6.80. The van der Waals surface area contributed by atoms with Gasteiger partial charge in [0.25, 0.3) is 0 Å². The summed E-state index contributed by atoms with van der Waals surface area (Å²) >= 11 is 0. The number of amides is 1. The van der Waals surface area contributed by atoms with Gasteiger partial charge >= 0.3 is 0 Å². The average Bonchev–Trinajstić information content (AvgIpc) is 3.23. The van der Waals surface area contributed by atoms with E-state index in [2.05, 4.69) is 6.07 Å². The number of nitriles is 1. The van der Waals surface area contributed by atoms with Gasteiger partial charge in [-0.15, -0.1) is 0 Å². The van der Waals surface area contributed by atoms with Crippen molar-refractivity contribution in [3.05, 3.63) is 29.3 Å². The van der Waals surface area contributed by atoms with Crippen LogP contribution in [0, 0.1) is 11.3 Å². The van der Waals surface area contributed by atoms with Gasteiger partial charge in [0, 0.05) is 18.5 Å². The summed E-state index contributed by atoms with van der Waals surface area (Å²) in [5.41, 5.74) is 7.55. The maximum absolute atomic E-state index is 12.1. The lowest BCUT2D eigenvalue weighted by molar-refractivity contribution is -0.129.